The molecule has 0 aliphatic rings. The van der Waals surface area contributed by atoms with E-state index in [0.717, 1.165) is 18.7 Å². The molecule has 0 aliphatic heterocycles. The summed E-state index contributed by atoms with van der Waals surface area (Å²) in [5, 5.41) is 9.12. The van der Waals surface area contributed by atoms with Crippen molar-refractivity contribution in [2.45, 2.75) is 32.7 Å². The Labute approximate surface area is 120 Å². The molecule has 1 aromatic rings. The molecule has 1 heterocycles. The van der Waals surface area contributed by atoms with Crippen molar-refractivity contribution >= 4 is 11.9 Å². The molecule has 0 saturated carbocycles. The van der Waals surface area contributed by atoms with E-state index in [1.54, 1.807) is 13.3 Å². The first-order valence-electron chi connectivity index (χ1n) is 6.88. The molecule has 1 amide bonds. The topological polar surface area (TPSA) is 78.7 Å². The van der Waals surface area contributed by atoms with Gasteiger partial charge in [-0.1, -0.05) is 0 Å². The van der Waals surface area contributed by atoms with Crippen molar-refractivity contribution in [2.75, 3.05) is 20.1 Å². The number of hydrogen-bond donors (Lipinski definition) is 3. The van der Waals surface area contributed by atoms with Gasteiger partial charge in [-0.2, -0.15) is 0 Å². The second-order valence-electron chi connectivity index (χ2n) is 4.73. The van der Waals surface area contributed by atoms with Gasteiger partial charge in [0.25, 0.3) is 0 Å². The van der Waals surface area contributed by atoms with Crippen LogP contribution in [0.1, 0.15) is 26.0 Å². The number of aliphatic imine (C=N–C) groups is 1. The Balaban J connectivity index is 2.15. The molecule has 0 aliphatic carbocycles. The van der Waals surface area contributed by atoms with Crippen LogP contribution in [0.4, 0.5) is 0 Å². The summed E-state index contributed by atoms with van der Waals surface area (Å²) in [4.78, 5) is 15.6. The lowest BCUT2D eigenvalue weighted by Gasteiger charge is -2.12. The summed E-state index contributed by atoms with van der Waals surface area (Å²) in [6, 6.07) is 3.98. The molecule has 0 atom stereocenters. The van der Waals surface area contributed by atoms with Crippen LogP contribution in [0.2, 0.25) is 0 Å². The molecular formula is C14H24N4O2. The SMILES string of the molecule is CN=C(NCCC(=O)NC(C)C)NCCc1ccco1. The zero-order valence-electron chi connectivity index (χ0n) is 12.4. The number of guanidine groups is 1. The van der Waals surface area contributed by atoms with Gasteiger partial charge in [0, 0.05) is 39.0 Å². The number of nitrogens with one attached hydrogen (secondary N) is 3. The molecule has 6 heteroatoms. The average molecular weight is 280 g/mol. The molecule has 20 heavy (non-hydrogen) atoms. The third kappa shape index (κ3) is 6.82. The van der Waals surface area contributed by atoms with Gasteiger partial charge in [0.15, 0.2) is 5.96 Å². The van der Waals surface area contributed by atoms with Crippen LogP contribution in [0.15, 0.2) is 27.8 Å². The highest BCUT2D eigenvalue weighted by atomic mass is 16.3. The molecule has 0 radical (unpaired) electrons. The normalized spacial score (nSPS) is 11.5. The number of hydrogen-bond acceptors (Lipinski definition) is 3. The van der Waals surface area contributed by atoms with Crippen LogP contribution in [0.25, 0.3) is 0 Å². The van der Waals surface area contributed by atoms with Gasteiger partial charge >= 0.3 is 0 Å². The first-order chi connectivity index (χ1) is 9.61. The molecule has 0 unspecified atom stereocenters. The van der Waals surface area contributed by atoms with E-state index in [2.05, 4.69) is 20.9 Å². The first kappa shape index (κ1) is 16.1. The second kappa shape index (κ2) is 9.01. The highest BCUT2D eigenvalue weighted by Gasteiger charge is 2.04. The van der Waals surface area contributed by atoms with Crippen LogP contribution >= 0.6 is 0 Å². The van der Waals surface area contributed by atoms with E-state index >= 15 is 0 Å². The van der Waals surface area contributed by atoms with Gasteiger partial charge in [-0.15, -0.1) is 0 Å². The van der Waals surface area contributed by atoms with Crippen molar-refractivity contribution in [3.05, 3.63) is 24.2 Å². The number of rotatable bonds is 7. The Morgan fingerprint density at radius 1 is 1.35 bits per heavy atom. The zero-order valence-corrected chi connectivity index (χ0v) is 12.4. The standard InChI is InChI=1S/C14H24N4O2/c1-11(2)18-13(19)7-9-17-14(15-3)16-8-6-12-5-4-10-20-12/h4-5,10-11H,6-9H2,1-3H3,(H,18,19)(H2,15,16,17). The van der Waals surface area contributed by atoms with Crippen molar-refractivity contribution in [1.82, 2.24) is 16.0 Å². The summed E-state index contributed by atoms with van der Waals surface area (Å²) in [6.07, 6.45) is 2.88. The number of carbonyl (C=O) groups excluding carboxylic acids is 1. The van der Waals surface area contributed by atoms with Crippen LogP contribution < -0.4 is 16.0 Å². The molecule has 3 N–H and O–H groups in total. The monoisotopic (exact) mass is 280 g/mol. The van der Waals surface area contributed by atoms with Crippen LogP contribution in [-0.4, -0.2) is 38.0 Å². The van der Waals surface area contributed by atoms with Crippen LogP contribution in [0.5, 0.6) is 0 Å². The number of nitrogens with zero attached hydrogens (tertiary/aromatic N) is 1. The van der Waals surface area contributed by atoms with Gasteiger partial charge in [0.05, 0.1) is 6.26 Å². The lowest BCUT2D eigenvalue weighted by molar-refractivity contribution is -0.121. The Bertz CT molecular complexity index is 413. The van der Waals surface area contributed by atoms with Gasteiger partial charge in [0.1, 0.15) is 5.76 Å². The Hall–Kier alpha value is -1.98. The zero-order chi connectivity index (χ0) is 14.8. The minimum atomic E-state index is 0.0403. The van der Waals surface area contributed by atoms with E-state index in [4.69, 9.17) is 4.42 Å². The van der Waals surface area contributed by atoms with Gasteiger partial charge in [-0.05, 0) is 26.0 Å². The lowest BCUT2D eigenvalue weighted by atomic mass is 10.3. The van der Waals surface area contributed by atoms with Crippen molar-refractivity contribution < 1.29 is 9.21 Å². The summed E-state index contributed by atoms with van der Waals surface area (Å²) >= 11 is 0. The number of carbonyl (C=O) groups is 1. The predicted molar refractivity (Wildman–Crippen MR) is 79.7 cm³/mol. The van der Waals surface area contributed by atoms with E-state index in [1.807, 2.05) is 26.0 Å². The fourth-order valence-corrected chi connectivity index (χ4v) is 1.67. The molecule has 6 nitrogen and oxygen atoms in total. The minimum absolute atomic E-state index is 0.0403. The molecule has 1 aromatic heterocycles. The summed E-state index contributed by atoms with van der Waals surface area (Å²) < 4.78 is 5.25. The fraction of sp³-hybridized carbons (Fsp3) is 0.571. The van der Waals surface area contributed by atoms with Gasteiger partial charge in [0.2, 0.25) is 5.91 Å². The predicted octanol–water partition coefficient (Wildman–Crippen LogP) is 0.902. The largest absolute Gasteiger partial charge is 0.469 e. The van der Waals surface area contributed by atoms with E-state index in [-0.39, 0.29) is 11.9 Å². The molecule has 0 saturated heterocycles. The van der Waals surface area contributed by atoms with E-state index in [9.17, 15) is 4.79 Å². The maximum Gasteiger partial charge on any atom is 0.221 e. The first-order valence-corrected chi connectivity index (χ1v) is 6.88. The summed E-state index contributed by atoms with van der Waals surface area (Å²) in [5.74, 6) is 1.66. The maximum absolute atomic E-state index is 11.5. The third-order valence-electron chi connectivity index (χ3n) is 2.56. The van der Waals surface area contributed by atoms with Crippen molar-refractivity contribution in [1.29, 1.82) is 0 Å². The summed E-state index contributed by atoms with van der Waals surface area (Å²) in [7, 11) is 1.70. The highest BCUT2D eigenvalue weighted by molar-refractivity contribution is 5.81. The molecule has 0 bridgehead atoms. The van der Waals surface area contributed by atoms with Crippen LogP contribution in [0.3, 0.4) is 0 Å². The summed E-state index contributed by atoms with van der Waals surface area (Å²) in [5.41, 5.74) is 0. The van der Waals surface area contributed by atoms with Crippen LogP contribution in [-0.2, 0) is 11.2 Å². The van der Waals surface area contributed by atoms with Crippen molar-refractivity contribution in [3.63, 3.8) is 0 Å². The van der Waals surface area contributed by atoms with Gasteiger partial charge in [-0.25, -0.2) is 0 Å². The average Bonchev–Trinajstić information content (AvgIpc) is 2.89. The number of furan rings is 1. The maximum atomic E-state index is 11.5. The molecular weight excluding hydrogens is 256 g/mol. The smallest absolute Gasteiger partial charge is 0.221 e. The van der Waals surface area contributed by atoms with Gasteiger partial charge < -0.3 is 20.4 Å². The molecule has 1 rings (SSSR count). The fourth-order valence-electron chi connectivity index (χ4n) is 1.67. The molecule has 0 aromatic carbocycles. The van der Waals surface area contributed by atoms with Gasteiger partial charge in [-0.3, -0.25) is 9.79 Å². The second-order valence-corrected chi connectivity index (χ2v) is 4.73. The van der Waals surface area contributed by atoms with Crippen LogP contribution in [0, 0.1) is 0 Å². The minimum Gasteiger partial charge on any atom is -0.469 e. The van der Waals surface area contributed by atoms with Crippen molar-refractivity contribution in [3.8, 4) is 0 Å². The summed E-state index contributed by atoms with van der Waals surface area (Å²) in [6.45, 7) is 5.17. The number of amides is 1. The van der Waals surface area contributed by atoms with E-state index in [0.29, 0.717) is 18.9 Å². The Morgan fingerprint density at radius 3 is 2.70 bits per heavy atom. The van der Waals surface area contributed by atoms with E-state index < -0.39 is 0 Å². The Kier molecular flexibility index (Phi) is 7.24. The van der Waals surface area contributed by atoms with E-state index in [1.165, 1.54) is 0 Å². The Morgan fingerprint density at radius 2 is 2.10 bits per heavy atom. The quantitative estimate of drug-likeness (QED) is 0.512. The highest BCUT2D eigenvalue weighted by Crippen LogP contribution is 1.99. The molecule has 0 fully saturated rings. The lowest BCUT2D eigenvalue weighted by Crippen LogP contribution is -2.40. The van der Waals surface area contributed by atoms with Crippen molar-refractivity contribution in [2.24, 2.45) is 4.99 Å². The molecule has 0 spiro atoms. The third-order valence-corrected chi connectivity index (χ3v) is 2.56. The molecule has 112 valence electrons.